The molecule has 1 aliphatic heterocycles. The molecule has 0 saturated carbocycles. The summed E-state index contributed by atoms with van der Waals surface area (Å²) in [6.07, 6.45) is 3.30. The van der Waals surface area contributed by atoms with Gasteiger partial charge in [-0.25, -0.2) is 4.98 Å². The van der Waals surface area contributed by atoms with Gasteiger partial charge in [0.05, 0.1) is 17.8 Å². The molecule has 1 amide bonds. The molecule has 0 unspecified atom stereocenters. The van der Waals surface area contributed by atoms with E-state index in [1.54, 1.807) is 22.8 Å². The van der Waals surface area contributed by atoms with Gasteiger partial charge in [0.2, 0.25) is 5.91 Å². The number of pyridine rings is 1. The van der Waals surface area contributed by atoms with Crippen LogP contribution in [0.4, 0.5) is 5.82 Å². The number of piperidine rings is 1. The van der Waals surface area contributed by atoms with Gasteiger partial charge in [-0.15, -0.1) is 0 Å². The minimum atomic E-state index is -0.935. The molecule has 26 heavy (non-hydrogen) atoms. The zero-order valence-electron chi connectivity index (χ0n) is 15.7. The first kappa shape index (κ1) is 18.4. The van der Waals surface area contributed by atoms with Gasteiger partial charge < -0.3 is 14.9 Å². The Morgan fingerprint density at radius 2 is 2.19 bits per heavy atom. The number of hydrogen-bond acceptors (Lipinski definition) is 5. The minimum Gasteiger partial charge on any atom is -0.386 e. The highest BCUT2D eigenvalue weighted by molar-refractivity contribution is 5.75. The molecule has 2 aromatic rings. The molecule has 0 spiro atoms. The standard InChI is InChI=1S/C19H27N5O2/c1-15-11-16(2)24(21-15)12-18(25)22(3)13-19(26)8-6-10-23(14-19)17-7-4-5-9-20-17/h4-5,7,9,11,26H,6,8,10,12-14H2,1-3H3/t19-/m1/s1. The van der Waals surface area contributed by atoms with Crippen molar-refractivity contribution < 1.29 is 9.90 Å². The van der Waals surface area contributed by atoms with Crippen molar-refractivity contribution in [1.82, 2.24) is 19.7 Å². The van der Waals surface area contributed by atoms with Crippen LogP contribution in [0.3, 0.4) is 0 Å². The normalized spacial score (nSPS) is 20.2. The lowest BCUT2D eigenvalue weighted by Gasteiger charge is -2.41. The lowest BCUT2D eigenvalue weighted by Crippen LogP contribution is -2.55. The molecule has 1 N–H and O–H groups in total. The molecule has 0 radical (unpaired) electrons. The number of amides is 1. The van der Waals surface area contributed by atoms with Gasteiger partial charge in [-0.05, 0) is 44.9 Å². The summed E-state index contributed by atoms with van der Waals surface area (Å²) < 4.78 is 1.71. The van der Waals surface area contributed by atoms with E-state index in [4.69, 9.17) is 0 Å². The van der Waals surface area contributed by atoms with Crippen LogP contribution in [0.15, 0.2) is 30.5 Å². The van der Waals surface area contributed by atoms with Gasteiger partial charge in [-0.1, -0.05) is 6.07 Å². The summed E-state index contributed by atoms with van der Waals surface area (Å²) in [7, 11) is 1.74. The summed E-state index contributed by atoms with van der Waals surface area (Å²) in [4.78, 5) is 20.6. The molecule has 1 atom stereocenters. The third-order valence-electron chi connectivity index (χ3n) is 4.87. The van der Waals surface area contributed by atoms with E-state index in [2.05, 4.69) is 15.0 Å². The Morgan fingerprint density at radius 1 is 1.38 bits per heavy atom. The molecular weight excluding hydrogens is 330 g/mol. The number of rotatable bonds is 5. The zero-order valence-corrected chi connectivity index (χ0v) is 15.7. The number of carbonyl (C=O) groups is 1. The zero-order chi connectivity index (χ0) is 18.7. The number of carbonyl (C=O) groups excluding carboxylic acids is 1. The predicted octanol–water partition coefficient (Wildman–Crippen LogP) is 1.38. The average Bonchev–Trinajstić information content (AvgIpc) is 2.92. The number of anilines is 1. The molecule has 1 fully saturated rings. The molecular formula is C19H27N5O2. The summed E-state index contributed by atoms with van der Waals surface area (Å²) >= 11 is 0. The van der Waals surface area contributed by atoms with Crippen molar-refractivity contribution in [3.05, 3.63) is 41.9 Å². The van der Waals surface area contributed by atoms with Crippen LogP contribution in [0, 0.1) is 13.8 Å². The third kappa shape index (κ3) is 4.22. The quantitative estimate of drug-likeness (QED) is 0.875. The average molecular weight is 357 g/mol. The molecule has 1 saturated heterocycles. The summed E-state index contributed by atoms with van der Waals surface area (Å²) in [5, 5.41) is 15.4. The highest BCUT2D eigenvalue weighted by atomic mass is 16.3. The van der Waals surface area contributed by atoms with E-state index in [-0.39, 0.29) is 12.5 Å². The molecule has 0 aliphatic carbocycles. The number of aliphatic hydroxyl groups is 1. The summed E-state index contributed by atoms with van der Waals surface area (Å²) in [5.74, 6) is 0.807. The number of aryl methyl sites for hydroxylation is 2. The smallest absolute Gasteiger partial charge is 0.244 e. The molecule has 0 aromatic carbocycles. The fourth-order valence-electron chi connectivity index (χ4n) is 3.59. The van der Waals surface area contributed by atoms with Crippen molar-refractivity contribution in [2.75, 3.05) is 31.6 Å². The van der Waals surface area contributed by atoms with Crippen LogP contribution < -0.4 is 4.90 Å². The van der Waals surface area contributed by atoms with E-state index < -0.39 is 5.60 Å². The first-order valence-corrected chi connectivity index (χ1v) is 9.00. The Hall–Kier alpha value is -2.41. The largest absolute Gasteiger partial charge is 0.386 e. The minimum absolute atomic E-state index is 0.0559. The maximum atomic E-state index is 12.6. The Balaban J connectivity index is 1.62. The lowest BCUT2D eigenvalue weighted by molar-refractivity contribution is -0.134. The maximum Gasteiger partial charge on any atom is 0.244 e. The van der Waals surface area contributed by atoms with E-state index in [0.717, 1.165) is 30.2 Å². The molecule has 1 aliphatic rings. The number of aromatic nitrogens is 3. The van der Waals surface area contributed by atoms with Crippen LogP contribution in [0.5, 0.6) is 0 Å². The van der Waals surface area contributed by atoms with E-state index in [0.29, 0.717) is 19.5 Å². The second-order valence-electron chi connectivity index (χ2n) is 7.27. The van der Waals surface area contributed by atoms with Crippen LogP contribution in [-0.2, 0) is 11.3 Å². The highest BCUT2D eigenvalue weighted by Crippen LogP contribution is 2.25. The van der Waals surface area contributed by atoms with Crippen molar-refractivity contribution in [1.29, 1.82) is 0 Å². The van der Waals surface area contributed by atoms with Crippen LogP contribution in [0.25, 0.3) is 0 Å². The monoisotopic (exact) mass is 357 g/mol. The number of hydrogen-bond donors (Lipinski definition) is 1. The fraction of sp³-hybridized carbons (Fsp3) is 0.526. The van der Waals surface area contributed by atoms with E-state index in [1.807, 2.05) is 38.1 Å². The predicted molar refractivity (Wildman–Crippen MR) is 100.0 cm³/mol. The van der Waals surface area contributed by atoms with Gasteiger partial charge in [0.15, 0.2) is 0 Å². The summed E-state index contributed by atoms with van der Waals surface area (Å²) in [5.41, 5.74) is 0.923. The molecule has 0 bridgehead atoms. The SMILES string of the molecule is Cc1cc(C)n(CC(=O)N(C)C[C@]2(O)CCCN(c3ccccn3)C2)n1. The Morgan fingerprint density at radius 3 is 2.85 bits per heavy atom. The van der Waals surface area contributed by atoms with Gasteiger partial charge in [0.1, 0.15) is 12.4 Å². The number of β-amino-alcohol motifs (C(OH)–C–C–N with tert-alkyl or cyclic N) is 1. The second-order valence-corrected chi connectivity index (χ2v) is 7.27. The molecule has 2 aromatic heterocycles. The van der Waals surface area contributed by atoms with E-state index >= 15 is 0 Å². The molecule has 3 rings (SSSR count). The molecule has 140 valence electrons. The second kappa shape index (κ2) is 7.45. The highest BCUT2D eigenvalue weighted by Gasteiger charge is 2.35. The summed E-state index contributed by atoms with van der Waals surface area (Å²) in [6, 6.07) is 7.72. The van der Waals surface area contributed by atoms with Gasteiger partial charge in [0, 0.05) is 32.0 Å². The van der Waals surface area contributed by atoms with Crippen molar-refractivity contribution in [3.8, 4) is 0 Å². The Kier molecular flexibility index (Phi) is 5.27. The van der Waals surface area contributed by atoms with Crippen molar-refractivity contribution in [2.24, 2.45) is 0 Å². The molecule has 3 heterocycles. The number of likely N-dealkylation sites (N-methyl/N-ethyl adjacent to an activating group) is 1. The van der Waals surface area contributed by atoms with Crippen molar-refractivity contribution in [2.45, 2.75) is 38.8 Å². The Bertz CT molecular complexity index is 761. The van der Waals surface area contributed by atoms with Crippen molar-refractivity contribution >= 4 is 11.7 Å². The Labute approximate surface area is 154 Å². The third-order valence-corrected chi connectivity index (χ3v) is 4.87. The van der Waals surface area contributed by atoms with E-state index in [1.165, 1.54) is 0 Å². The maximum absolute atomic E-state index is 12.6. The van der Waals surface area contributed by atoms with Gasteiger partial charge in [-0.3, -0.25) is 9.48 Å². The molecule has 7 nitrogen and oxygen atoms in total. The van der Waals surface area contributed by atoms with Gasteiger partial charge >= 0.3 is 0 Å². The molecule has 7 heteroatoms. The number of nitrogens with zero attached hydrogens (tertiary/aromatic N) is 5. The van der Waals surface area contributed by atoms with Crippen LogP contribution in [-0.4, -0.2) is 63.0 Å². The first-order chi connectivity index (χ1) is 12.4. The van der Waals surface area contributed by atoms with E-state index in [9.17, 15) is 9.90 Å². The van der Waals surface area contributed by atoms with Crippen LogP contribution in [0.1, 0.15) is 24.2 Å². The summed E-state index contributed by atoms with van der Waals surface area (Å²) in [6.45, 7) is 5.68. The van der Waals surface area contributed by atoms with Crippen LogP contribution >= 0.6 is 0 Å². The van der Waals surface area contributed by atoms with Crippen molar-refractivity contribution in [3.63, 3.8) is 0 Å². The van der Waals surface area contributed by atoms with Gasteiger partial charge in [-0.2, -0.15) is 5.10 Å². The van der Waals surface area contributed by atoms with Crippen LogP contribution in [0.2, 0.25) is 0 Å². The fourth-order valence-corrected chi connectivity index (χ4v) is 3.59. The van der Waals surface area contributed by atoms with Gasteiger partial charge in [0.25, 0.3) is 0 Å². The topological polar surface area (TPSA) is 74.5 Å². The first-order valence-electron chi connectivity index (χ1n) is 9.00. The lowest BCUT2D eigenvalue weighted by atomic mass is 9.92.